The molecule has 0 aromatic carbocycles. The molecule has 0 radical (unpaired) electrons. The number of nitrogens with one attached hydrogen (secondary N) is 1. The first-order valence-corrected chi connectivity index (χ1v) is 8.19. The van der Waals surface area contributed by atoms with Gasteiger partial charge in [0.05, 0.1) is 0 Å². The van der Waals surface area contributed by atoms with Gasteiger partial charge in [-0.2, -0.15) is 0 Å². The van der Waals surface area contributed by atoms with E-state index in [-0.39, 0.29) is 0 Å². The van der Waals surface area contributed by atoms with Gasteiger partial charge in [-0.25, -0.2) is 0 Å². The Labute approximate surface area is 114 Å². The van der Waals surface area contributed by atoms with Gasteiger partial charge in [-0.15, -0.1) is 0 Å². The van der Waals surface area contributed by atoms with Gasteiger partial charge >= 0.3 is 0 Å². The highest BCUT2D eigenvalue weighted by molar-refractivity contribution is 4.92. The lowest BCUT2D eigenvalue weighted by atomic mass is 9.89. The highest BCUT2D eigenvalue weighted by Gasteiger charge is 2.34. The molecule has 0 aromatic rings. The van der Waals surface area contributed by atoms with Gasteiger partial charge in [-0.3, -0.25) is 4.90 Å². The quantitative estimate of drug-likeness (QED) is 0.808. The van der Waals surface area contributed by atoms with Crippen LogP contribution >= 0.6 is 0 Å². The monoisotopic (exact) mass is 252 g/mol. The van der Waals surface area contributed by atoms with Gasteiger partial charge in [0.1, 0.15) is 0 Å². The first kappa shape index (κ1) is 14.3. The smallest absolute Gasteiger partial charge is 0.0249 e. The maximum atomic E-state index is 3.80. The fourth-order valence-electron chi connectivity index (χ4n) is 3.78. The number of hydrogen-bond acceptors (Lipinski definition) is 2. The van der Waals surface area contributed by atoms with E-state index in [2.05, 4.69) is 31.0 Å². The molecule has 2 fully saturated rings. The Balaban J connectivity index is 1.88. The van der Waals surface area contributed by atoms with E-state index in [9.17, 15) is 0 Å². The molecule has 0 aromatic heterocycles. The Morgan fingerprint density at radius 3 is 2.61 bits per heavy atom. The van der Waals surface area contributed by atoms with E-state index < -0.39 is 0 Å². The molecule has 1 heterocycles. The van der Waals surface area contributed by atoms with Gasteiger partial charge < -0.3 is 5.32 Å². The van der Waals surface area contributed by atoms with Crippen molar-refractivity contribution in [3.63, 3.8) is 0 Å². The van der Waals surface area contributed by atoms with E-state index in [1.165, 1.54) is 58.2 Å². The second-order valence-electron chi connectivity index (χ2n) is 6.70. The predicted octanol–water partition coefficient (Wildman–Crippen LogP) is 3.28. The summed E-state index contributed by atoms with van der Waals surface area (Å²) in [6.07, 6.45) is 8.38. The van der Waals surface area contributed by atoms with Crippen LogP contribution < -0.4 is 5.32 Å². The van der Waals surface area contributed by atoms with Crippen LogP contribution in [0.3, 0.4) is 0 Å². The fraction of sp³-hybridized carbons (Fsp3) is 1.00. The Bertz CT molecular complexity index is 239. The number of likely N-dealkylation sites (tertiary alicyclic amines) is 1. The normalized spacial score (nSPS) is 34.3. The van der Waals surface area contributed by atoms with Crippen LogP contribution in [0.5, 0.6) is 0 Å². The van der Waals surface area contributed by atoms with Gasteiger partial charge in [0, 0.05) is 18.6 Å². The Hall–Kier alpha value is -0.0800. The standard InChI is InChI=1S/C16H32N2/c1-4-10-17-15-7-5-6-8-16(15)18-11-9-14(12-18)13(2)3/h13-17H,4-12H2,1-3H3. The summed E-state index contributed by atoms with van der Waals surface area (Å²) < 4.78 is 0. The lowest BCUT2D eigenvalue weighted by Crippen LogP contribution is -2.51. The summed E-state index contributed by atoms with van der Waals surface area (Å²) in [5.41, 5.74) is 0. The van der Waals surface area contributed by atoms with Crippen molar-refractivity contribution in [1.82, 2.24) is 10.2 Å². The largest absolute Gasteiger partial charge is 0.312 e. The van der Waals surface area contributed by atoms with Crippen molar-refractivity contribution in [1.29, 1.82) is 0 Å². The van der Waals surface area contributed by atoms with Crippen LogP contribution in [0.1, 0.15) is 59.3 Å². The molecule has 1 aliphatic heterocycles. The highest BCUT2D eigenvalue weighted by Crippen LogP contribution is 2.30. The van der Waals surface area contributed by atoms with Crippen LogP contribution in [-0.2, 0) is 0 Å². The summed E-state index contributed by atoms with van der Waals surface area (Å²) in [7, 11) is 0. The second-order valence-corrected chi connectivity index (χ2v) is 6.70. The van der Waals surface area contributed by atoms with Crippen LogP contribution in [0.25, 0.3) is 0 Å². The maximum Gasteiger partial charge on any atom is 0.0249 e. The fourth-order valence-corrected chi connectivity index (χ4v) is 3.78. The molecule has 1 aliphatic carbocycles. The Kier molecular flexibility index (Phi) is 5.50. The lowest BCUT2D eigenvalue weighted by Gasteiger charge is -2.39. The van der Waals surface area contributed by atoms with Crippen LogP contribution in [-0.4, -0.2) is 36.6 Å². The van der Waals surface area contributed by atoms with Crippen LogP contribution in [0.4, 0.5) is 0 Å². The summed E-state index contributed by atoms with van der Waals surface area (Å²) in [6.45, 7) is 11.0. The SMILES string of the molecule is CCCNC1CCCCC1N1CCC(C(C)C)C1. The molecule has 2 aliphatic rings. The third-order valence-corrected chi connectivity index (χ3v) is 5.05. The van der Waals surface area contributed by atoms with Crippen molar-refractivity contribution in [2.24, 2.45) is 11.8 Å². The summed E-state index contributed by atoms with van der Waals surface area (Å²) in [5, 5.41) is 3.80. The van der Waals surface area contributed by atoms with Crippen molar-refractivity contribution in [2.45, 2.75) is 71.4 Å². The molecule has 3 unspecified atom stereocenters. The molecule has 2 nitrogen and oxygen atoms in total. The van der Waals surface area contributed by atoms with Crippen molar-refractivity contribution in [3.8, 4) is 0 Å². The molecule has 2 rings (SSSR count). The van der Waals surface area contributed by atoms with Gasteiger partial charge in [0.15, 0.2) is 0 Å². The molecule has 18 heavy (non-hydrogen) atoms. The summed E-state index contributed by atoms with van der Waals surface area (Å²) >= 11 is 0. The van der Waals surface area contributed by atoms with E-state index in [4.69, 9.17) is 0 Å². The predicted molar refractivity (Wildman–Crippen MR) is 78.9 cm³/mol. The molecule has 0 spiro atoms. The highest BCUT2D eigenvalue weighted by atomic mass is 15.2. The van der Waals surface area contributed by atoms with E-state index >= 15 is 0 Å². The zero-order valence-corrected chi connectivity index (χ0v) is 12.6. The van der Waals surface area contributed by atoms with Crippen LogP contribution in [0.15, 0.2) is 0 Å². The zero-order valence-electron chi connectivity index (χ0n) is 12.6. The summed E-state index contributed by atoms with van der Waals surface area (Å²) in [6, 6.07) is 1.60. The summed E-state index contributed by atoms with van der Waals surface area (Å²) in [4.78, 5) is 2.80. The number of rotatable bonds is 5. The molecular formula is C16H32N2. The third-order valence-electron chi connectivity index (χ3n) is 5.05. The minimum atomic E-state index is 0.768. The molecule has 0 amide bonds. The topological polar surface area (TPSA) is 15.3 Å². The van der Waals surface area contributed by atoms with Gasteiger partial charge in [-0.1, -0.05) is 33.6 Å². The van der Waals surface area contributed by atoms with E-state index in [0.29, 0.717) is 0 Å². The Morgan fingerprint density at radius 1 is 1.17 bits per heavy atom. The first-order chi connectivity index (χ1) is 8.72. The van der Waals surface area contributed by atoms with Gasteiger partial charge in [0.25, 0.3) is 0 Å². The maximum absolute atomic E-state index is 3.80. The van der Waals surface area contributed by atoms with E-state index in [1.807, 2.05) is 0 Å². The van der Waals surface area contributed by atoms with E-state index in [1.54, 1.807) is 0 Å². The average molecular weight is 252 g/mol. The molecule has 1 saturated heterocycles. The molecule has 0 bridgehead atoms. The van der Waals surface area contributed by atoms with Crippen molar-refractivity contribution in [2.75, 3.05) is 19.6 Å². The molecule has 106 valence electrons. The molecule has 1 N–H and O–H groups in total. The minimum absolute atomic E-state index is 0.768. The van der Waals surface area contributed by atoms with Gasteiger partial charge in [-0.05, 0) is 50.6 Å². The third kappa shape index (κ3) is 3.48. The summed E-state index contributed by atoms with van der Waals surface area (Å²) in [5.74, 6) is 1.80. The Morgan fingerprint density at radius 2 is 1.94 bits per heavy atom. The van der Waals surface area contributed by atoms with Crippen LogP contribution in [0.2, 0.25) is 0 Å². The average Bonchev–Trinajstić information content (AvgIpc) is 2.86. The van der Waals surface area contributed by atoms with Crippen molar-refractivity contribution in [3.05, 3.63) is 0 Å². The molecule has 2 heteroatoms. The lowest BCUT2D eigenvalue weighted by molar-refractivity contribution is 0.141. The minimum Gasteiger partial charge on any atom is -0.312 e. The first-order valence-electron chi connectivity index (χ1n) is 8.19. The van der Waals surface area contributed by atoms with Crippen molar-refractivity contribution >= 4 is 0 Å². The molecule has 1 saturated carbocycles. The molecular weight excluding hydrogens is 220 g/mol. The van der Waals surface area contributed by atoms with Gasteiger partial charge in [0.2, 0.25) is 0 Å². The zero-order chi connectivity index (χ0) is 13.0. The van der Waals surface area contributed by atoms with Crippen LogP contribution in [0, 0.1) is 11.8 Å². The molecule has 3 atom stereocenters. The number of nitrogens with zero attached hydrogens (tertiary/aromatic N) is 1. The second kappa shape index (κ2) is 6.91. The van der Waals surface area contributed by atoms with Crippen molar-refractivity contribution < 1.29 is 0 Å². The van der Waals surface area contributed by atoms with E-state index in [0.717, 1.165) is 23.9 Å². The number of hydrogen-bond donors (Lipinski definition) is 1.